The Kier molecular flexibility index (Phi) is 4.61. The highest BCUT2D eigenvalue weighted by Crippen LogP contribution is 2.60. The third kappa shape index (κ3) is 3.60. The number of para-hydroxylation sites is 1. The Morgan fingerprint density at radius 3 is 2.57 bits per heavy atom. The molecule has 2 amide bonds. The van der Waals surface area contributed by atoms with E-state index in [0.29, 0.717) is 12.8 Å². The predicted octanol–water partition coefficient (Wildman–Crippen LogP) is 3.29. The van der Waals surface area contributed by atoms with Crippen LogP contribution in [0.2, 0.25) is 0 Å². The van der Waals surface area contributed by atoms with E-state index in [1.807, 2.05) is 66.8 Å². The minimum atomic E-state index is -0.431. The van der Waals surface area contributed by atoms with E-state index in [4.69, 9.17) is 4.74 Å². The van der Waals surface area contributed by atoms with E-state index >= 15 is 0 Å². The van der Waals surface area contributed by atoms with Crippen LogP contribution in [0.1, 0.15) is 37.7 Å². The normalized spacial score (nSPS) is 32.5. The zero-order valence-corrected chi connectivity index (χ0v) is 16.9. The number of benzene rings is 1. The first kappa shape index (κ1) is 18.9. The van der Waals surface area contributed by atoms with Crippen LogP contribution < -0.4 is 15.4 Å². The van der Waals surface area contributed by atoms with E-state index in [1.54, 1.807) is 0 Å². The van der Waals surface area contributed by atoms with Gasteiger partial charge in [0.05, 0.1) is 6.42 Å². The lowest BCUT2D eigenvalue weighted by Gasteiger charge is -2.70. The number of nitrogens with one attached hydrogen (secondary N) is 2. The Hall–Kier alpha value is -3.08. The average molecular weight is 402 g/mol. The summed E-state index contributed by atoms with van der Waals surface area (Å²) in [5.74, 6) is 0.817. The molecule has 154 valence electrons. The Morgan fingerprint density at radius 1 is 0.967 bits per heavy atom. The predicted molar refractivity (Wildman–Crippen MR) is 115 cm³/mol. The molecule has 2 bridgehead atoms. The van der Waals surface area contributed by atoms with Crippen molar-refractivity contribution in [3.05, 3.63) is 77.9 Å². The van der Waals surface area contributed by atoms with Gasteiger partial charge in [0.15, 0.2) is 6.10 Å². The number of hydrogen-bond acceptors (Lipinski definition) is 3. The topological polar surface area (TPSA) is 67.4 Å². The molecule has 1 heterocycles. The number of hydrogen-bond donors (Lipinski definition) is 2. The largest absolute Gasteiger partial charge is 0.480 e. The van der Waals surface area contributed by atoms with Crippen LogP contribution in [-0.2, 0) is 16.0 Å². The molecular weight excluding hydrogens is 376 g/mol. The average Bonchev–Trinajstić information content (AvgIpc) is 2.67. The summed E-state index contributed by atoms with van der Waals surface area (Å²) in [5.41, 5.74) is 1.83. The second-order valence-corrected chi connectivity index (χ2v) is 8.93. The fourth-order valence-corrected chi connectivity index (χ4v) is 5.15. The molecule has 5 nitrogen and oxygen atoms in total. The van der Waals surface area contributed by atoms with Gasteiger partial charge >= 0.3 is 0 Å². The zero-order valence-electron chi connectivity index (χ0n) is 16.9. The zero-order chi connectivity index (χ0) is 20.6. The molecule has 1 aliphatic heterocycles. The number of rotatable bonds is 5. The lowest BCUT2D eigenvalue weighted by molar-refractivity contribution is -0.153. The first-order valence-electron chi connectivity index (χ1n) is 10.6. The second kappa shape index (κ2) is 7.31. The summed E-state index contributed by atoms with van der Waals surface area (Å²) in [6.45, 7) is 0. The highest BCUT2D eigenvalue weighted by atomic mass is 16.5. The molecule has 2 N–H and O–H groups in total. The quantitative estimate of drug-likeness (QED) is 0.794. The molecule has 0 saturated heterocycles. The molecule has 0 aromatic heterocycles. The molecule has 4 aliphatic carbocycles. The number of fused-ring (bicyclic) bond motifs is 1. The van der Waals surface area contributed by atoms with Crippen molar-refractivity contribution in [3.8, 4) is 5.75 Å². The molecular formula is C25H26N2O3. The van der Waals surface area contributed by atoms with Crippen LogP contribution in [0.3, 0.4) is 0 Å². The number of aryl methyl sites for hydroxylation is 1. The smallest absolute Gasteiger partial charge is 0.261 e. The summed E-state index contributed by atoms with van der Waals surface area (Å²) in [5, 5.41) is 6.39. The van der Waals surface area contributed by atoms with Crippen molar-refractivity contribution in [2.75, 3.05) is 0 Å². The molecule has 5 heteroatoms. The molecule has 1 atom stereocenters. The van der Waals surface area contributed by atoms with E-state index < -0.39 is 6.10 Å². The van der Waals surface area contributed by atoms with Gasteiger partial charge in [-0.2, -0.15) is 0 Å². The standard InChI is InChI=1S/C25H26N2O3/c28-22(14-18-8-4-2-1-3-5-9-18)26-24-15-25(16-24,17-24)27-23(29)21-13-12-19-10-6-7-11-20(19)30-21/h1-11,21H,12-17H2,(H,26,28)(H,27,29)/b2-1-,3-1?,4-2?,5-3-,8-4?,9-5?,18-8?,18-9?. The van der Waals surface area contributed by atoms with E-state index in [2.05, 4.69) is 10.6 Å². The van der Waals surface area contributed by atoms with E-state index in [-0.39, 0.29) is 22.9 Å². The van der Waals surface area contributed by atoms with Crippen LogP contribution in [0.4, 0.5) is 0 Å². The Balaban J connectivity index is 1.11. The van der Waals surface area contributed by atoms with E-state index in [1.165, 1.54) is 0 Å². The van der Waals surface area contributed by atoms with Gasteiger partial charge in [0.1, 0.15) is 5.75 Å². The molecule has 3 fully saturated rings. The Labute approximate surface area is 176 Å². The molecule has 1 aromatic carbocycles. The van der Waals surface area contributed by atoms with E-state index in [9.17, 15) is 9.59 Å². The summed E-state index contributed by atoms with van der Waals surface area (Å²) < 4.78 is 5.91. The van der Waals surface area contributed by atoms with Gasteiger partial charge in [-0.3, -0.25) is 9.59 Å². The van der Waals surface area contributed by atoms with Crippen LogP contribution >= 0.6 is 0 Å². The van der Waals surface area contributed by atoms with Crippen molar-refractivity contribution < 1.29 is 14.3 Å². The lowest BCUT2D eigenvalue weighted by Crippen LogP contribution is -2.84. The van der Waals surface area contributed by atoms with E-state index in [0.717, 1.165) is 42.6 Å². The van der Waals surface area contributed by atoms with Crippen LogP contribution in [0.15, 0.2) is 72.4 Å². The van der Waals surface area contributed by atoms with Gasteiger partial charge in [-0.15, -0.1) is 0 Å². The molecule has 3 saturated carbocycles. The third-order valence-corrected chi connectivity index (χ3v) is 6.46. The van der Waals surface area contributed by atoms with Crippen molar-refractivity contribution >= 4 is 11.8 Å². The number of allylic oxidation sites excluding steroid dienone is 7. The van der Waals surface area contributed by atoms with Gasteiger partial charge in [0.25, 0.3) is 5.91 Å². The summed E-state index contributed by atoms with van der Waals surface area (Å²) in [6.07, 6.45) is 17.6. The van der Waals surface area contributed by atoms with Gasteiger partial charge < -0.3 is 15.4 Å². The monoisotopic (exact) mass is 402 g/mol. The van der Waals surface area contributed by atoms with Crippen molar-refractivity contribution in [3.63, 3.8) is 0 Å². The summed E-state index contributed by atoms with van der Waals surface area (Å²) in [4.78, 5) is 25.2. The Morgan fingerprint density at radius 2 is 1.70 bits per heavy atom. The number of carbonyl (C=O) groups excluding carboxylic acids is 2. The maximum absolute atomic E-state index is 12.7. The first-order valence-corrected chi connectivity index (χ1v) is 10.6. The molecule has 5 aliphatic rings. The fourth-order valence-electron chi connectivity index (χ4n) is 5.15. The van der Waals surface area contributed by atoms with Gasteiger partial charge in [-0.05, 0) is 49.3 Å². The maximum Gasteiger partial charge on any atom is 0.261 e. The summed E-state index contributed by atoms with van der Waals surface area (Å²) in [7, 11) is 0. The lowest BCUT2D eigenvalue weighted by atomic mass is 9.44. The van der Waals surface area contributed by atoms with Crippen molar-refractivity contribution in [1.29, 1.82) is 0 Å². The number of carbonyl (C=O) groups is 2. The Bertz CT molecular complexity index is 982. The summed E-state index contributed by atoms with van der Waals surface area (Å²) in [6, 6.07) is 7.90. The molecule has 0 spiro atoms. The molecule has 6 rings (SSSR count). The summed E-state index contributed by atoms with van der Waals surface area (Å²) >= 11 is 0. The van der Waals surface area contributed by atoms with Crippen LogP contribution in [-0.4, -0.2) is 29.0 Å². The molecule has 30 heavy (non-hydrogen) atoms. The van der Waals surface area contributed by atoms with Crippen molar-refractivity contribution in [1.82, 2.24) is 10.6 Å². The SMILES string of the molecule is O=C(CC1=C/C=C\C=C/C=C1)NC12CC(NC(=O)C3CCc4ccccc4O3)(C1)C2. The van der Waals surface area contributed by atoms with Crippen LogP contribution in [0.25, 0.3) is 0 Å². The van der Waals surface area contributed by atoms with Crippen LogP contribution in [0, 0.1) is 0 Å². The first-order chi connectivity index (χ1) is 14.5. The third-order valence-electron chi connectivity index (χ3n) is 6.46. The van der Waals surface area contributed by atoms with Crippen molar-refractivity contribution in [2.45, 2.75) is 55.7 Å². The molecule has 1 aromatic rings. The van der Waals surface area contributed by atoms with Gasteiger partial charge in [-0.1, -0.05) is 60.7 Å². The molecule has 0 radical (unpaired) electrons. The minimum Gasteiger partial charge on any atom is -0.480 e. The van der Waals surface area contributed by atoms with Gasteiger partial charge in [0.2, 0.25) is 5.91 Å². The minimum absolute atomic E-state index is 0.0335. The second-order valence-electron chi connectivity index (χ2n) is 8.93. The van der Waals surface area contributed by atoms with Crippen LogP contribution in [0.5, 0.6) is 5.75 Å². The molecule has 1 unspecified atom stereocenters. The van der Waals surface area contributed by atoms with Crippen molar-refractivity contribution in [2.24, 2.45) is 0 Å². The highest BCUT2D eigenvalue weighted by molar-refractivity contribution is 5.84. The number of amides is 2. The highest BCUT2D eigenvalue weighted by Gasteiger charge is 2.69. The van der Waals surface area contributed by atoms with Gasteiger partial charge in [0, 0.05) is 11.1 Å². The number of ether oxygens (including phenoxy) is 1. The fraction of sp³-hybridized carbons (Fsp3) is 0.360. The van der Waals surface area contributed by atoms with Gasteiger partial charge in [-0.25, -0.2) is 0 Å². The maximum atomic E-state index is 12.7.